The van der Waals surface area contributed by atoms with E-state index in [2.05, 4.69) is 5.32 Å². The predicted octanol–water partition coefficient (Wildman–Crippen LogP) is 3.25. The van der Waals surface area contributed by atoms with Crippen LogP contribution in [0.3, 0.4) is 0 Å². The number of anilines is 1. The van der Waals surface area contributed by atoms with E-state index >= 15 is 0 Å². The fourth-order valence-corrected chi connectivity index (χ4v) is 2.27. The van der Waals surface area contributed by atoms with Crippen LogP contribution in [0.4, 0.5) is 10.5 Å². The Balaban J connectivity index is 1.81. The minimum absolute atomic E-state index is 0.0427. The molecule has 2 aromatic rings. The van der Waals surface area contributed by atoms with Gasteiger partial charge in [-0.25, -0.2) is 4.79 Å². The van der Waals surface area contributed by atoms with Gasteiger partial charge in [-0.2, -0.15) is 0 Å². The maximum Gasteiger partial charge on any atom is 0.321 e. The molecule has 128 valence electrons. The molecular weight excluding hydrogens is 304 g/mol. The molecule has 0 aliphatic heterocycles. The van der Waals surface area contributed by atoms with Crippen molar-refractivity contribution in [2.45, 2.75) is 20.1 Å². The highest BCUT2D eigenvalue weighted by molar-refractivity contribution is 5.89. The third kappa shape index (κ3) is 5.68. The van der Waals surface area contributed by atoms with Gasteiger partial charge in [0, 0.05) is 18.8 Å². The summed E-state index contributed by atoms with van der Waals surface area (Å²) in [4.78, 5) is 13.6. The highest BCUT2D eigenvalue weighted by Crippen LogP contribution is 2.12. The Morgan fingerprint density at radius 1 is 1.04 bits per heavy atom. The zero-order chi connectivity index (χ0) is 17.2. The topological polar surface area (TPSA) is 61.8 Å². The second kappa shape index (κ2) is 9.70. The average Bonchev–Trinajstić information content (AvgIpc) is 2.62. The molecule has 0 aliphatic carbocycles. The van der Waals surface area contributed by atoms with Crippen molar-refractivity contribution in [3.8, 4) is 0 Å². The summed E-state index contributed by atoms with van der Waals surface area (Å²) in [6, 6.07) is 17.4. The van der Waals surface area contributed by atoms with Gasteiger partial charge < -0.3 is 20.1 Å². The lowest BCUT2D eigenvalue weighted by Gasteiger charge is -2.20. The van der Waals surface area contributed by atoms with Gasteiger partial charge in [0.05, 0.1) is 19.8 Å². The summed E-state index contributed by atoms with van der Waals surface area (Å²) in [5.41, 5.74) is 2.92. The third-order valence-electron chi connectivity index (χ3n) is 3.62. The number of amides is 2. The molecule has 0 fully saturated rings. The normalized spacial score (nSPS) is 10.4. The minimum Gasteiger partial charge on any atom is -0.395 e. The predicted molar refractivity (Wildman–Crippen MR) is 94.7 cm³/mol. The number of hydrogen-bond donors (Lipinski definition) is 2. The first kappa shape index (κ1) is 18.0. The number of aliphatic hydroxyl groups is 1. The van der Waals surface area contributed by atoms with E-state index in [-0.39, 0.29) is 12.6 Å². The number of nitrogens with one attached hydrogen (secondary N) is 1. The standard InChI is InChI=1S/C19H24N2O3/c1-2-21(12-13-22)19(23)20-18-10-8-17(9-11-18)15-24-14-16-6-4-3-5-7-16/h3-11,22H,2,12-15H2,1H3,(H,20,23). The van der Waals surface area contributed by atoms with Crippen molar-refractivity contribution < 1.29 is 14.6 Å². The van der Waals surface area contributed by atoms with Crippen molar-refractivity contribution in [2.24, 2.45) is 0 Å². The van der Waals surface area contributed by atoms with Gasteiger partial charge in [0.15, 0.2) is 0 Å². The van der Waals surface area contributed by atoms with Crippen LogP contribution in [0.5, 0.6) is 0 Å². The van der Waals surface area contributed by atoms with E-state index < -0.39 is 0 Å². The summed E-state index contributed by atoms with van der Waals surface area (Å²) in [6.45, 7) is 3.81. The lowest BCUT2D eigenvalue weighted by atomic mass is 10.2. The van der Waals surface area contributed by atoms with E-state index in [9.17, 15) is 4.79 Å². The minimum atomic E-state index is -0.209. The maximum atomic E-state index is 12.0. The first-order valence-electron chi connectivity index (χ1n) is 8.10. The number of likely N-dealkylation sites (N-methyl/N-ethyl adjacent to an activating group) is 1. The Bertz CT molecular complexity index is 614. The van der Waals surface area contributed by atoms with Crippen LogP contribution in [0.2, 0.25) is 0 Å². The van der Waals surface area contributed by atoms with E-state index in [0.717, 1.165) is 16.8 Å². The fourth-order valence-electron chi connectivity index (χ4n) is 2.27. The van der Waals surface area contributed by atoms with Gasteiger partial charge in [0.1, 0.15) is 0 Å². The molecule has 5 nitrogen and oxygen atoms in total. The van der Waals surface area contributed by atoms with Crippen LogP contribution in [0, 0.1) is 0 Å². The number of benzene rings is 2. The van der Waals surface area contributed by atoms with Crippen molar-refractivity contribution in [3.63, 3.8) is 0 Å². The fraction of sp³-hybridized carbons (Fsp3) is 0.316. The van der Waals surface area contributed by atoms with Gasteiger partial charge in [-0.05, 0) is 30.2 Å². The van der Waals surface area contributed by atoms with Gasteiger partial charge in [-0.15, -0.1) is 0 Å². The zero-order valence-corrected chi connectivity index (χ0v) is 13.9. The highest BCUT2D eigenvalue weighted by Gasteiger charge is 2.10. The number of carbonyl (C=O) groups excluding carboxylic acids is 1. The van der Waals surface area contributed by atoms with Gasteiger partial charge in [0.25, 0.3) is 0 Å². The number of nitrogens with zero attached hydrogens (tertiary/aromatic N) is 1. The number of urea groups is 1. The van der Waals surface area contributed by atoms with E-state index in [0.29, 0.717) is 26.3 Å². The molecule has 2 aromatic carbocycles. The van der Waals surface area contributed by atoms with Crippen LogP contribution < -0.4 is 5.32 Å². The SMILES string of the molecule is CCN(CCO)C(=O)Nc1ccc(COCc2ccccc2)cc1. The first-order valence-corrected chi connectivity index (χ1v) is 8.10. The summed E-state index contributed by atoms with van der Waals surface area (Å²) in [6.07, 6.45) is 0. The lowest BCUT2D eigenvalue weighted by Crippen LogP contribution is -2.36. The second-order valence-electron chi connectivity index (χ2n) is 5.41. The quantitative estimate of drug-likeness (QED) is 0.782. The number of rotatable bonds is 8. The molecule has 0 bridgehead atoms. The Kier molecular flexibility index (Phi) is 7.26. The Morgan fingerprint density at radius 3 is 2.25 bits per heavy atom. The van der Waals surface area contributed by atoms with Crippen LogP contribution >= 0.6 is 0 Å². The van der Waals surface area contributed by atoms with Crippen LogP contribution in [-0.4, -0.2) is 35.7 Å². The monoisotopic (exact) mass is 328 g/mol. The maximum absolute atomic E-state index is 12.0. The molecule has 24 heavy (non-hydrogen) atoms. The molecule has 0 aliphatic rings. The molecular formula is C19H24N2O3. The first-order chi connectivity index (χ1) is 11.7. The molecule has 0 radical (unpaired) electrons. The summed E-state index contributed by atoms with van der Waals surface area (Å²) in [5.74, 6) is 0. The molecule has 2 amide bonds. The number of hydrogen-bond acceptors (Lipinski definition) is 3. The van der Waals surface area contributed by atoms with E-state index in [1.165, 1.54) is 0 Å². The molecule has 5 heteroatoms. The molecule has 0 saturated carbocycles. The van der Waals surface area contributed by atoms with Crippen LogP contribution in [0.25, 0.3) is 0 Å². The molecule has 0 spiro atoms. The molecule has 2 rings (SSSR count). The smallest absolute Gasteiger partial charge is 0.321 e. The summed E-state index contributed by atoms with van der Waals surface area (Å²) >= 11 is 0. The Morgan fingerprint density at radius 2 is 1.67 bits per heavy atom. The van der Waals surface area contributed by atoms with Crippen LogP contribution in [0.15, 0.2) is 54.6 Å². The Hall–Kier alpha value is -2.37. The van der Waals surface area contributed by atoms with Crippen molar-refractivity contribution in [1.82, 2.24) is 4.90 Å². The highest BCUT2D eigenvalue weighted by atomic mass is 16.5. The van der Waals surface area contributed by atoms with Crippen molar-refractivity contribution in [3.05, 3.63) is 65.7 Å². The second-order valence-corrected chi connectivity index (χ2v) is 5.41. The average molecular weight is 328 g/mol. The summed E-state index contributed by atoms with van der Waals surface area (Å²) in [7, 11) is 0. The zero-order valence-electron chi connectivity index (χ0n) is 13.9. The van der Waals surface area contributed by atoms with Crippen molar-refractivity contribution in [2.75, 3.05) is 25.0 Å². The Labute approximate surface area is 142 Å². The van der Waals surface area contributed by atoms with Gasteiger partial charge in [0.2, 0.25) is 0 Å². The molecule has 2 N–H and O–H groups in total. The number of carbonyl (C=O) groups is 1. The number of aliphatic hydroxyl groups excluding tert-OH is 1. The largest absolute Gasteiger partial charge is 0.395 e. The molecule has 0 unspecified atom stereocenters. The molecule has 0 atom stereocenters. The van der Waals surface area contributed by atoms with Crippen LogP contribution in [0.1, 0.15) is 18.1 Å². The summed E-state index contributed by atoms with van der Waals surface area (Å²) < 4.78 is 5.69. The van der Waals surface area contributed by atoms with E-state index in [4.69, 9.17) is 9.84 Å². The summed E-state index contributed by atoms with van der Waals surface area (Å²) in [5, 5.41) is 11.8. The van der Waals surface area contributed by atoms with Gasteiger partial charge in [-0.3, -0.25) is 0 Å². The van der Waals surface area contributed by atoms with Crippen molar-refractivity contribution >= 4 is 11.7 Å². The number of ether oxygens (including phenoxy) is 1. The van der Waals surface area contributed by atoms with Crippen LogP contribution in [-0.2, 0) is 18.0 Å². The lowest BCUT2D eigenvalue weighted by molar-refractivity contribution is 0.107. The molecule has 0 heterocycles. The van der Waals surface area contributed by atoms with E-state index in [1.807, 2.05) is 61.5 Å². The van der Waals surface area contributed by atoms with E-state index in [1.54, 1.807) is 4.90 Å². The molecule has 0 saturated heterocycles. The van der Waals surface area contributed by atoms with Gasteiger partial charge >= 0.3 is 6.03 Å². The van der Waals surface area contributed by atoms with Gasteiger partial charge in [-0.1, -0.05) is 42.5 Å². The third-order valence-corrected chi connectivity index (χ3v) is 3.62. The van der Waals surface area contributed by atoms with Crippen molar-refractivity contribution in [1.29, 1.82) is 0 Å². The molecule has 0 aromatic heterocycles.